The number of aromatic carboxylic acids is 1. The average molecular weight is 208 g/mol. The minimum atomic E-state index is -1.09. The van der Waals surface area contributed by atoms with Gasteiger partial charge in [-0.1, -0.05) is 0 Å². The zero-order valence-electron chi connectivity index (χ0n) is 8.79. The molecule has 5 nitrogen and oxygen atoms in total. The van der Waals surface area contributed by atoms with E-state index in [9.17, 15) is 9.59 Å². The van der Waals surface area contributed by atoms with Crippen molar-refractivity contribution in [3.63, 3.8) is 0 Å². The van der Waals surface area contributed by atoms with Crippen LogP contribution in [0.3, 0.4) is 0 Å². The highest BCUT2D eigenvalue weighted by Crippen LogP contribution is 2.18. The van der Waals surface area contributed by atoms with Gasteiger partial charge in [-0.05, 0) is 25.5 Å². The highest BCUT2D eigenvalue weighted by atomic mass is 16.4. The van der Waals surface area contributed by atoms with Crippen LogP contribution in [0.1, 0.15) is 28.5 Å². The number of carboxylic acid groups (broad SMARTS) is 1. The van der Waals surface area contributed by atoms with Crippen LogP contribution in [0.5, 0.6) is 0 Å². The van der Waals surface area contributed by atoms with Crippen LogP contribution in [0.2, 0.25) is 0 Å². The Balaban J connectivity index is 3.33. The molecule has 0 bridgehead atoms. The number of nitrogens with one attached hydrogen (secondary N) is 1. The summed E-state index contributed by atoms with van der Waals surface area (Å²) in [6.45, 7) is 4.72. The summed E-state index contributed by atoms with van der Waals surface area (Å²) < 4.78 is 0. The minimum absolute atomic E-state index is 0.0378. The summed E-state index contributed by atoms with van der Waals surface area (Å²) >= 11 is 0. The quantitative estimate of drug-likeness (QED) is 0.768. The Morgan fingerprint density at radius 3 is 2.47 bits per heavy atom. The number of anilines is 1. The molecule has 0 spiro atoms. The van der Waals surface area contributed by atoms with Crippen molar-refractivity contribution in [3.05, 3.63) is 22.9 Å². The van der Waals surface area contributed by atoms with Crippen molar-refractivity contribution in [2.24, 2.45) is 0 Å². The van der Waals surface area contributed by atoms with E-state index in [2.05, 4.69) is 10.3 Å². The molecule has 0 saturated carbocycles. The fourth-order valence-corrected chi connectivity index (χ4v) is 1.36. The Kier molecular flexibility index (Phi) is 3.04. The molecule has 0 aliphatic carbocycles. The maximum absolute atomic E-state index is 10.9. The molecule has 0 saturated heterocycles. The van der Waals surface area contributed by atoms with Crippen molar-refractivity contribution in [3.8, 4) is 0 Å². The van der Waals surface area contributed by atoms with E-state index < -0.39 is 5.97 Å². The van der Waals surface area contributed by atoms with Crippen molar-refractivity contribution in [2.75, 3.05) is 5.32 Å². The lowest BCUT2D eigenvalue weighted by atomic mass is 10.1. The van der Waals surface area contributed by atoms with E-state index in [1.807, 2.05) is 0 Å². The standard InChI is InChI=1S/C10H12N2O3/c1-5-4-6(2)11-9(12-7(3)13)8(5)10(14)15/h4H,1-3H3,(H,14,15)(H,11,12,13). The van der Waals surface area contributed by atoms with Crippen LogP contribution >= 0.6 is 0 Å². The van der Waals surface area contributed by atoms with Gasteiger partial charge in [-0.2, -0.15) is 0 Å². The highest BCUT2D eigenvalue weighted by molar-refractivity contribution is 5.99. The van der Waals surface area contributed by atoms with Crippen molar-refractivity contribution in [2.45, 2.75) is 20.8 Å². The van der Waals surface area contributed by atoms with Crippen LogP contribution < -0.4 is 5.32 Å². The van der Waals surface area contributed by atoms with Gasteiger partial charge in [0.25, 0.3) is 0 Å². The van der Waals surface area contributed by atoms with E-state index in [1.165, 1.54) is 6.92 Å². The van der Waals surface area contributed by atoms with Gasteiger partial charge in [-0.25, -0.2) is 9.78 Å². The second-order valence-electron chi connectivity index (χ2n) is 3.29. The second-order valence-corrected chi connectivity index (χ2v) is 3.29. The first kappa shape index (κ1) is 11.2. The number of rotatable bonds is 2. The molecule has 1 heterocycles. The average Bonchev–Trinajstić information content (AvgIpc) is 1.99. The molecule has 0 aliphatic rings. The van der Waals surface area contributed by atoms with Gasteiger partial charge in [0.2, 0.25) is 5.91 Å². The number of hydrogen-bond donors (Lipinski definition) is 2. The zero-order valence-corrected chi connectivity index (χ0v) is 8.79. The molecular formula is C10H12N2O3. The van der Waals surface area contributed by atoms with Crippen molar-refractivity contribution < 1.29 is 14.7 Å². The van der Waals surface area contributed by atoms with Crippen LogP contribution in [-0.2, 0) is 4.79 Å². The molecule has 1 amide bonds. The van der Waals surface area contributed by atoms with Crippen LogP contribution in [0.15, 0.2) is 6.07 Å². The fourth-order valence-electron chi connectivity index (χ4n) is 1.36. The number of hydrogen-bond acceptors (Lipinski definition) is 3. The Morgan fingerprint density at radius 1 is 1.40 bits per heavy atom. The summed E-state index contributed by atoms with van der Waals surface area (Å²) in [6, 6.07) is 1.66. The monoisotopic (exact) mass is 208 g/mol. The normalized spacial score (nSPS) is 9.80. The van der Waals surface area contributed by atoms with E-state index >= 15 is 0 Å². The summed E-state index contributed by atoms with van der Waals surface area (Å²) in [6.07, 6.45) is 0. The van der Waals surface area contributed by atoms with Crippen molar-refractivity contribution in [1.82, 2.24) is 4.98 Å². The number of aryl methyl sites for hydroxylation is 2. The van der Waals surface area contributed by atoms with Gasteiger partial charge in [-0.3, -0.25) is 4.79 Å². The Bertz CT molecular complexity index is 427. The molecule has 0 aromatic carbocycles. The number of carbonyl (C=O) groups is 2. The number of amides is 1. The van der Waals surface area contributed by atoms with Crippen LogP contribution in [0.25, 0.3) is 0 Å². The Morgan fingerprint density at radius 2 is 2.00 bits per heavy atom. The molecule has 1 rings (SSSR count). The Labute approximate surface area is 87.1 Å². The lowest BCUT2D eigenvalue weighted by molar-refractivity contribution is -0.114. The van der Waals surface area contributed by atoms with E-state index in [4.69, 9.17) is 5.11 Å². The number of nitrogens with zero attached hydrogens (tertiary/aromatic N) is 1. The zero-order chi connectivity index (χ0) is 11.6. The smallest absolute Gasteiger partial charge is 0.339 e. The molecular weight excluding hydrogens is 196 g/mol. The number of pyridine rings is 1. The first-order valence-corrected chi connectivity index (χ1v) is 4.41. The molecule has 0 fully saturated rings. The third-order valence-corrected chi connectivity index (χ3v) is 1.85. The SMILES string of the molecule is CC(=O)Nc1nc(C)cc(C)c1C(=O)O. The maximum Gasteiger partial charge on any atom is 0.339 e. The predicted octanol–water partition coefficient (Wildman–Crippen LogP) is 1.36. The van der Waals surface area contributed by atoms with E-state index in [-0.39, 0.29) is 17.3 Å². The summed E-state index contributed by atoms with van der Waals surface area (Å²) in [5.41, 5.74) is 1.29. The highest BCUT2D eigenvalue weighted by Gasteiger charge is 2.16. The van der Waals surface area contributed by atoms with Crippen LogP contribution in [0.4, 0.5) is 5.82 Å². The molecule has 0 aliphatic heterocycles. The molecule has 1 aromatic rings. The molecule has 0 atom stereocenters. The minimum Gasteiger partial charge on any atom is -0.478 e. The van der Waals surface area contributed by atoms with Gasteiger partial charge in [0.05, 0.1) is 0 Å². The fraction of sp³-hybridized carbons (Fsp3) is 0.300. The summed E-state index contributed by atoms with van der Waals surface area (Å²) in [5, 5.41) is 11.4. The van der Waals surface area contributed by atoms with Gasteiger partial charge in [0.1, 0.15) is 11.4 Å². The third kappa shape index (κ3) is 2.52. The molecule has 80 valence electrons. The lowest BCUT2D eigenvalue weighted by Gasteiger charge is -2.09. The van der Waals surface area contributed by atoms with Gasteiger partial charge < -0.3 is 10.4 Å². The van der Waals surface area contributed by atoms with E-state index in [1.54, 1.807) is 19.9 Å². The van der Waals surface area contributed by atoms with Gasteiger partial charge in [-0.15, -0.1) is 0 Å². The largest absolute Gasteiger partial charge is 0.478 e. The summed E-state index contributed by atoms with van der Waals surface area (Å²) in [5.74, 6) is -1.33. The second kappa shape index (κ2) is 4.08. The molecule has 0 unspecified atom stereocenters. The number of aromatic nitrogens is 1. The van der Waals surface area contributed by atoms with E-state index in [0.717, 1.165) is 0 Å². The Hall–Kier alpha value is -1.91. The van der Waals surface area contributed by atoms with Crippen LogP contribution in [0, 0.1) is 13.8 Å². The lowest BCUT2D eigenvalue weighted by Crippen LogP contribution is -2.14. The number of carbonyl (C=O) groups excluding carboxylic acids is 1. The first-order chi connectivity index (χ1) is 6.91. The molecule has 15 heavy (non-hydrogen) atoms. The third-order valence-electron chi connectivity index (χ3n) is 1.85. The van der Waals surface area contributed by atoms with Gasteiger partial charge >= 0.3 is 5.97 Å². The van der Waals surface area contributed by atoms with Crippen molar-refractivity contribution >= 4 is 17.7 Å². The van der Waals surface area contributed by atoms with Crippen molar-refractivity contribution in [1.29, 1.82) is 0 Å². The predicted molar refractivity (Wildman–Crippen MR) is 55.0 cm³/mol. The topological polar surface area (TPSA) is 79.3 Å². The molecule has 5 heteroatoms. The van der Waals surface area contributed by atoms with Gasteiger partial charge in [0.15, 0.2) is 0 Å². The number of carboxylic acids is 1. The summed E-state index contributed by atoms with van der Waals surface area (Å²) in [7, 11) is 0. The molecule has 0 radical (unpaired) electrons. The van der Waals surface area contributed by atoms with E-state index in [0.29, 0.717) is 11.3 Å². The first-order valence-electron chi connectivity index (χ1n) is 4.41. The van der Waals surface area contributed by atoms with Crippen LogP contribution in [-0.4, -0.2) is 22.0 Å². The maximum atomic E-state index is 10.9. The summed E-state index contributed by atoms with van der Waals surface area (Å²) in [4.78, 5) is 25.8. The molecule has 2 N–H and O–H groups in total. The van der Waals surface area contributed by atoms with Gasteiger partial charge in [0, 0.05) is 12.6 Å². The molecule has 1 aromatic heterocycles.